The zero-order chi connectivity index (χ0) is 11.8. The molecule has 1 heterocycles. The Morgan fingerprint density at radius 3 is 2.81 bits per heavy atom. The minimum Gasteiger partial charge on any atom is -0.370 e. The number of aromatic nitrogens is 1. The molecule has 1 aromatic rings. The minimum atomic E-state index is -0.0690. The highest BCUT2D eigenvalue weighted by atomic mass is 16.5. The van der Waals surface area contributed by atoms with Crippen molar-refractivity contribution in [2.45, 2.75) is 32.8 Å². The zero-order valence-corrected chi connectivity index (χ0v) is 10.2. The highest BCUT2D eigenvalue weighted by molar-refractivity contribution is 5.07. The Bertz CT molecular complexity index is 277. The lowest BCUT2D eigenvalue weighted by atomic mass is 10.1. The summed E-state index contributed by atoms with van der Waals surface area (Å²) in [4.78, 5) is 4.27. The Balaban J connectivity index is 2.44. The maximum atomic E-state index is 5.80. The summed E-state index contributed by atoms with van der Waals surface area (Å²) >= 11 is 0. The van der Waals surface area contributed by atoms with Crippen LogP contribution < -0.4 is 5.73 Å². The fourth-order valence-corrected chi connectivity index (χ4v) is 1.70. The van der Waals surface area contributed by atoms with Gasteiger partial charge in [0.15, 0.2) is 0 Å². The molecule has 0 saturated heterocycles. The van der Waals surface area contributed by atoms with Crippen LogP contribution in [0.25, 0.3) is 0 Å². The van der Waals surface area contributed by atoms with Gasteiger partial charge in [0.2, 0.25) is 0 Å². The summed E-state index contributed by atoms with van der Waals surface area (Å²) < 4.78 is 5.80. The van der Waals surface area contributed by atoms with E-state index in [1.54, 1.807) is 6.20 Å². The number of pyridine rings is 1. The topological polar surface area (TPSA) is 48.1 Å². The molecular weight excluding hydrogens is 200 g/mol. The molecule has 90 valence electrons. The summed E-state index contributed by atoms with van der Waals surface area (Å²) in [5.41, 5.74) is 6.62. The number of nitrogens with zero attached hydrogens (tertiary/aromatic N) is 1. The van der Waals surface area contributed by atoms with Crippen LogP contribution in [0.2, 0.25) is 0 Å². The number of rotatable bonds is 7. The van der Waals surface area contributed by atoms with E-state index in [-0.39, 0.29) is 6.10 Å². The number of nitrogens with two attached hydrogens (primary N) is 1. The lowest BCUT2D eigenvalue weighted by molar-refractivity contribution is 0.0326. The van der Waals surface area contributed by atoms with Crippen LogP contribution in [-0.2, 0) is 4.74 Å². The smallest absolute Gasteiger partial charge is 0.112 e. The van der Waals surface area contributed by atoms with Gasteiger partial charge in [0.05, 0.1) is 12.3 Å². The molecule has 3 heteroatoms. The Morgan fingerprint density at radius 2 is 2.25 bits per heavy atom. The van der Waals surface area contributed by atoms with Crippen LogP contribution in [0.4, 0.5) is 0 Å². The first-order chi connectivity index (χ1) is 7.77. The first-order valence-corrected chi connectivity index (χ1v) is 6.00. The molecule has 0 aromatic carbocycles. The average Bonchev–Trinajstić information content (AvgIpc) is 2.31. The van der Waals surface area contributed by atoms with Crippen LogP contribution >= 0.6 is 0 Å². The fourth-order valence-electron chi connectivity index (χ4n) is 1.70. The largest absolute Gasteiger partial charge is 0.370 e. The molecule has 0 aliphatic rings. The monoisotopic (exact) mass is 222 g/mol. The Labute approximate surface area is 98.0 Å². The molecule has 16 heavy (non-hydrogen) atoms. The van der Waals surface area contributed by atoms with E-state index in [0.717, 1.165) is 12.3 Å². The second-order valence-corrected chi connectivity index (χ2v) is 4.21. The first-order valence-electron chi connectivity index (χ1n) is 6.00. The summed E-state index contributed by atoms with van der Waals surface area (Å²) in [6.45, 7) is 5.63. The van der Waals surface area contributed by atoms with Crippen molar-refractivity contribution >= 4 is 0 Å². The van der Waals surface area contributed by atoms with Crippen molar-refractivity contribution in [2.75, 3.05) is 13.2 Å². The number of hydrogen-bond acceptors (Lipinski definition) is 3. The normalized spacial score (nSPS) is 14.7. The standard InChI is InChI=1S/C13H22N2O/c1-3-6-11(2)10-16-13(9-14)12-7-4-5-8-15-12/h4-5,7-8,11,13H,3,6,9-10,14H2,1-2H3. The third kappa shape index (κ3) is 4.29. The summed E-state index contributed by atoms with van der Waals surface area (Å²) in [7, 11) is 0. The molecule has 0 aliphatic heterocycles. The van der Waals surface area contributed by atoms with E-state index in [1.165, 1.54) is 12.8 Å². The van der Waals surface area contributed by atoms with Gasteiger partial charge in [0.1, 0.15) is 6.10 Å². The molecular formula is C13H22N2O. The second kappa shape index (κ2) is 7.36. The Kier molecular flexibility index (Phi) is 6.04. The molecule has 2 unspecified atom stereocenters. The van der Waals surface area contributed by atoms with Gasteiger partial charge in [0.25, 0.3) is 0 Å². The molecule has 2 N–H and O–H groups in total. The van der Waals surface area contributed by atoms with Gasteiger partial charge in [-0.25, -0.2) is 0 Å². The summed E-state index contributed by atoms with van der Waals surface area (Å²) in [6.07, 6.45) is 4.10. The van der Waals surface area contributed by atoms with Crippen LogP contribution in [-0.4, -0.2) is 18.1 Å². The molecule has 0 bridgehead atoms. The molecule has 0 amide bonds. The van der Waals surface area contributed by atoms with Crippen LogP contribution in [0.15, 0.2) is 24.4 Å². The van der Waals surface area contributed by atoms with Crippen LogP contribution in [0.1, 0.15) is 38.5 Å². The first kappa shape index (κ1) is 13.1. The van der Waals surface area contributed by atoms with Crippen molar-refractivity contribution in [3.8, 4) is 0 Å². The van der Waals surface area contributed by atoms with Gasteiger partial charge in [-0.3, -0.25) is 4.98 Å². The second-order valence-electron chi connectivity index (χ2n) is 4.21. The molecule has 1 rings (SSSR count). The van der Waals surface area contributed by atoms with Gasteiger partial charge < -0.3 is 10.5 Å². The molecule has 3 nitrogen and oxygen atoms in total. The van der Waals surface area contributed by atoms with Crippen molar-refractivity contribution in [1.29, 1.82) is 0 Å². The SMILES string of the molecule is CCCC(C)COC(CN)c1ccccn1. The van der Waals surface area contributed by atoms with E-state index >= 15 is 0 Å². The van der Waals surface area contributed by atoms with Gasteiger partial charge in [-0.2, -0.15) is 0 Å². The van der Waals surface area contributed by atoms with E-state index < -0.39 is 0 Å². The minimum absolute atomic E-state index is 0.0690. The average molecular weight is 222 g/mol. The highest BCUT2D eigenvalue weighted by Crippen LogP contribution is 2.15. The van der Waals surface area contributed by atoms with Gasteiger partial charge >= 0.3 is 0 Å². The van der Waals surface area contributed by atoms with Gasteiger partial charge in [-0.05, 0) is 24.5 Å². The predicted octanol–water partition coefficient (Wildman–Crippen LogP) is 2.53. The summed E-state index contributed by atoms with van der Waals surface area (Å²) in [5, 5.41) is 0. The van der Waals surface area contributed by atoms with Crippen molar-refractivity contribution in [1.82, 2.24) is 4.98 Å². The van der Waals surface area contributed by atoms with Gasteiger partial charge in [0, 0.05) is 12.7 Å². The Morgan fingerprint density at radius 1 is 1.44 bits per heavy atom. The maximum absolute atomic E-state index is 5.80. The van der Waals surface area contributed by atoms with E-state index in [0.29, 0.717) is 12.5 Å². The number of ether oxygens (including phenoxy) is 1. The van der Waals surface area contributed by atoms with E-state index in [4.69, 9.17) is 10.5 Å². The zero-order valence-electron chi connectivity index (χ0n) is 10.2. The molecule has 0 radical (unpaired) electrons. The number of hydrogen-bond donors (Lipinski definition) is 1. The fraction of sp³-hybridized carbons (Fsp3) is 0.615. The lowest BCUT2D eigenvalue weighted by Gasteiger charge is -2.18. The highest BCUT2D eigenvalue weighted by Gasteiger charge is 2.12. The molecule has 0 saturated carbocycles. The van der Waals surface area contributed by atoms with Crippen molar-refractivity contribution < 1.29 is 4.74 Å². The van der Waals surface area contributed by atoms with Gasteiger partial charge in [-0.1, -0.05) is 26.3 Å². The van der Waals surface area contributed by atoms with Crippen molar-refractivity contribution in [3.63, 3.8) is 0 Å². The van der Waals surface area contributed by atoms with Crippen LogP contribution in [0.5, 0.6) is 0 Å². The lowest BCUT2D eigenvalue weighted by Crippen LogP contribution is -2.19. The van der Waals surface area contributed by atoms with Crippen LogP contribution in [0.3, 0.4) is 0 Å². The third-order valence-electron chi connectivity index (χ3n) is 2.60. The van der Waals surface area contributed by atoms with Gasteiger partial charge in [-0.15, -0.1) is 0 Å². The summed E-state index contributed by atoms with van der Waals surface area (Å²) in [6, 6.07) is 5.82. The molecule has 1 aromatic heterocycles. The predicted molar refractivity (Wildman–Crippen MR) is 66.1 cm³/mol. The van der Waals surface area contributed by atoms with E-state index in [2.05, 4.69) is 18.8 Å². The van der Waals surface area contributed by atoms with Crippen molar-refractivity contribution in [3.05, 3.63) is 30.1 Å². The van der Waals surface area contributed by atoms with Crippen LogP contribution in [0, 0.1) is 5.92 Å². The molecule has 0 aliphatic carbocycles. The van der Waals surface area contributed by atoms with E-state index in [9.17, 15) is 0 Å². The van der Waals surface area contributed by atoms with E-state index in [1.807, 2.05) is 18.2 Å². The van der Waals surface area contributed by atoms with Crippen molar-refractivity contribution in [2.24, 2.45) is 11.7 Å². The Hall–Kier alpha value is -0.930. The quantitative estimate of drug-likeness (QED) is 0.771. The molecule has 0 fully saturated rings. The molecule has 0 spiro atoms. The molecule has 2 atom stereocenters. The maximum Gasteiger partial charge on any atom is 0.112 e. The third-order valence-corrected chi connectivity index (χ3v) is 2.60. The summed E-state index contributed by atoms with van der Waals surface area (Å²) in [5.74, 6) is 0.586.